The molecular formula is C16H18ClN3O. The predicted molar refractivity (Wildman–Crippen MR) is 85.6 cm³/mol. The molecule has 0 saturated carbocycles. The first kappa shape index (κ1) is 15.5. The molecule has 0 fully saturated rings. The largest absolute Gasteiger partial charge is 0.496 e. The van der Waals surface area contributed by atoms with Crippen molar-refractivity contribution in [1.29, 1.82) is 0 Å². The zero-order valence-electron chi connectivity index (χ0n) is 12.2. The Balaban J connectivity index is 2.35. The molecule has 0 spiro atoms. The summed E-state index contributed by atoms with van der Waals surface area (Å²) in [6, 6.07) is 7.82. The van der Waals surface area contributed by atoms with Crippen molar-refractivity contribution in [3.63, 3.8) is 0 Å². The molecule has 0 bridgehead atoms. The minimum absolute atomic E-state index is 0.244. The second-order valence-corrected chi connectivity index (χ2v) is 5.06. The summed E-state index contributed by atoms with van der Waals surface area (Å²) in [6.45, 7) is 5.33. The molecule has 0 N–H and O–H groups in total. The van der Waals surface area contributed by atoms with Crippen LogP contribution in [0, 0.1) is 0 Å². The monoisotopic (exact) mass is 303 g/mol. The lowest BCUT2D eigenvalue weighted by atomic mass is 10.1. The maximum atomic E-state index is 5.85. The van der Waals surface area contributed by atoms with E-state index in [2.05, 4.69) is 27.5 Å². The molecule has 1 heterocycles. The Labute approximate surface area is 130 Å². The van der Waals surface area contributed by atoms with Gasteiger partial charge in [-0.3, -0.25) is 4.90 Å². The van der Waals surface area contributed by atoms with Crippen LogP contribution in [0.3, 0.4) is 0 Å². The van der Waals surface area contributed by atoms with E-state index in [-0.39, 0.29) is 5.28 Å². The van der Waals surface area contributed by atoms with Crippen LogP contribution in [-0.2, 0) is 6.54 Å². The van der Waals surface area contributed by atoms with Crippen molar-refractivity contribution in [1.82, 2.24) is 14.9 Å². The molecular weight excluding hydrogens is 286 g/mol. The van der Waals surface area contributed by atoms with Crippen LogP contribution >= 0.6 is 11.6 Å². The van der Waals surface area contributed by atoms with E-state index in [9.17, 15) is 0 Å². The number of aromatic nitrogens is 2. The van der Waals surface area contributed by atoms with E-state index in [4.69, 9.17) is 16.3 Å². The fourth-order valence-corrected chi connectivity index (χ4v) is 2.28. The minimum atomic E-state index is 0.244. The molecule has 4 nitrogen and oxygen atoms in total. The number of halogens is 1. The number of ether oxygens (including phenoxy) is 1. The molecule has 21 heavy (non-hydrogen) atoms. The second kappa shape index (κ2) is 7.20. The van der Waals surface area contributed by atoms with Crippen molar-refractivity contribution in [3.8, 4) is 17.0 Å². The summed E-state index contributed by atoms with van der Waals surface area (Å²) in [5.41, 5.74) is 2.88. The van der Waals surface area contributed by atoms with Gasteiger partial charge < -0.3 is 4.74 Å². The smallest absolute Gasteiger partial charge is 0.222 e. The Morgan fingerprint density at radius 3 is 2.86 bits per heavy atom. The highest BCUT2D eigenvalue weighted by atomic mass is 35.5. The van der Waals surface area contributed by atoms with Crippen molar-refractivity contribution in [2.24, 2.45) is 0 Å². The Kier molecular flexibility index (Phi) is 5.31. The van der Waals surface area contributed by atoms with E-state index >= 15 is 0 Å². The van der Waals surface area contributed by atoms with Crippen LogP contribution in [-0.4, -0.2) is 35.6 Å². The molecule has 110 valence electrons. The number of hydrogen-bond acceptors (Lipinski definition) is 4. The topological polar surface area (TPSA) is 38.2 Å². The number of methoxy groups -OCH3 is 1. The first-order valence-corrected chi connectivity index (χ1v) is 6.97. The molecule has 0 unspecified atom stereocenters. The van der Waals surface area contributed by atoms with Crippen LogP contribution in [0.15, 0.2) is 43.1 Å². The van der Waals surface area contributed by atoms with Gasteiger partial charge in [0.05, 0.1) is 12.8 Å². The maximum absolute atomic E-state index is 5.85. The summed E-state index contributed by atoms with van der Waals surface area (Å²) in [4.78, 5) is 10.3. The van der Waals surface area contributed by atoms with Gasteiger partial charge >= 0.3 is 0 Å². The van der Waals surface area contributed by atoms with E-state index in [0.717, 1.165) is 35.7 Å². The van der Waals surface area contributed by atoms with Gasteiger partial charge in [-0.25, -0.2) is 9.97 Å². The Morgan fingerprint density at radius 2 is 2.19 bits per heavy atom. The maximum Gasteiger partial charge on any atom is 0.222 e. The Hall–Kier alpha value is -1.91. The molecule has 1 aromatic heterocycles. The van der Waals surface area contributed by atoms with Gasteiger partial charge in [-0.15, -0.1) is 6.58 Å². The summed E-state index contributed by atoms with van der Waals surface area (Å²) in [5, 5.41) is 0.244. The summed E-state index contributed by atoms with van der Waals surface area (Å²) in [6.07, 6.45) is 3.53. The Morgan fingerprint density at radius 1 is 1.38 bits per heavy atom. The van der Waals surface area contributed by atoms with Crippen molar-refractivity contribution < 1.29 is 4.74 Å². The van der Waals surface area contributed by atoms with Gasteiger partial charge in [-0.1, -0.05) is 6.08 Å². The summed E-state index contributed by atoms with van der Waals surface area (Å²) < 4.78 is 5.43. The van der Waals surface area contributed by atoms with E-state index in [1.54, 1.807) is 13.3 Å². The summed E-state index contributed by atoms with van der Waals surface area (Å²) in [5.74, 6) is 0.856. The molecule has 2 aromatic rings. The lowest BCUT2D eigenvalue weighted by Gasteiger charge is -2.17. The lowest BCUT2D eigenvalue weighted by Crippen LogP contribution is -2.17. The van der Waals surface area contributed by atoms with Crippen molar-refractivity contribution in [2.75, 3.05) is 20.7 Å². The third kappa shape index (κ3) is 4.03. The Bertz CT molecular complexity index is 631. The van der Waals surface area contributed by atoms with Crippen LogP contribution in [0.1, 0.15) is 5.56 Å². The zero-order valence-corrected chi connectivity index (χ0v) is 13.0. The summed E-state index contributed by atoms with van der Waals surface area (Å²) >= 11 is 5.85. The molecule has 0 aliphatic carbocycles. The summed E-state index contributed by atoms with van der Waals surface area (Å²) in [7, 11) is 3.71. The molecule has 1 aromatic carbocycles. The van der Waals surface area contributed by atoms with E-state index in [0.29, 0.717) is 0 Å². The van der Waals surface area contributed by atoms with Crippen molar-refractivity contribution >= 4 is 11.6 Å². The number of rotatable bonds is 6. The van der Waals surface area contributed by atoms with Gasteiger partial charge in [-0.05, 0) is 42.9 Å². The van der Waals surface area contributed by atoms with Crippen molar-refractivity contribution in [2.45, 2.75) is 6.54 Å². The van der Waals surface area contributed by atoms with Gasteiger partial charge in [0.25, 0.3) is 0 Å². The SMILES string of the molecule is C=CCN(C)Cc1cc(-c2ccnc(Cl)n2)ccc1OC. The predicted octanol–water partition coefficient (Wildman–Crippen LogP) is 3.42. The molecule has 0 saturated heterocycles. The van der Waals surface area contributed by atoms with Crippen LogP contribution in [0.4, 0.5) is 0 Å². The van der Waals surface area contributed by atoms with Crippen molar-refractivity contribution in [3.05, 3.63) is 54.0 Å². The van der Waals surface area contributed by atoms with E-state index in [1.807, 2.05) is 31.3 Å². The average Bonchev–Trinajstić information content (AvgIpc) is 2.47. The number of nitrogens with zero attached hydrogens (tertiary/aromatic N) is 3. The van der Waals surface area contributed by atoms with Gasteiger partial charge in [0.15, 0.2) is 0 Å². The van der Waals surface area contributed by atoms with E-state index in [1.165, 1.54) is 0 Å². The van der Waals surface area contributed by atoms with Crippen LogP contribution in [0.2, 0.25) is 5.28 Å². The number of hydrogen-bond donors (Lipinski definition) is 0. The van der Waals surface area contributed by atoms with Crippen LogP contribution < -0.4 is 4.74 Å². The molecule has 2 rings (SSSR count). The molecule has 0 aliphatic heterocycles. The lowest BCUT2D eigenvalue weighted by molar-refractivity contribution is 0.347. The third-order valence-electron chi connectivity index (χ3n) is 3.08. The fourth-order valence-electron chi connectivity index (χ4n) is 2.13. The van der Waals surface area contributed by atoms with Gasteiger partial charge in [0.2, 0.25) is 5.28 Å². The van der Waals surface area contributed by atoms with Crippen LogP contribution in [0.25, 0.3) is 11.3 Å². The number of benzene rings is 1. The molecule has 0 atom stereocenters. The quantitative estimate of drug-likeness (QED) is 0.605. The minimum Gasteiger partial charge on any atom is -0.496 e. The molecule has 5 heteroatoms. The zero-order chi connectivity index (χ0) is 15.2. The highest BCUT2D eigenvalue weighted by Gasteiger charge is 2.09. The normalized spacial score (nSPS) is 10.7. The molecule has 0 aliphatic rings. The first-order chi connectivity index (χ1) is 10.1. The highest BCUT2D eigenvalue weighted by molar-refractivity contribution is 6.28. The molecule has 0 radical (unpaired) electrons. The number of likely N-dealkylation sites (N-methyl/N-ethyl adjacent to an activating group) is 1. The van der Waals surface area contributed by atoms with Gasteiger partial charge in [0.1, 0.15) is 5.75 Å². The van der Waals surface area contributed by atoms with E-state index < -0.39 is 0 Å². The fraction of sp³-hybridized carbons (Fsp3) is 0.250. The second-order valence-electron chi connectivity index (χ2n) is 4.72. The van der Waals surface area contributed by atoms with Crippen LogP contribution in [0.5, 0.6) is 5.75 Å². The first-order valence-electron chi connectivity index (χ1n) is 6.59. The standard InChI is InChI=1S/C16H18ClN3O/c1-4-9-20(2)11-13-10-12(5-6-15(13)21-3)14-7-8-18-16(17)19-14/h4-8,10H,1,9,11H2,2-3H3. The van der Waals surface area contributed by atoms with Gasteiger partial charge in [-0.2, -0.15) is 0 Å². The molecule has 0 amide bonds. The third-order valence-corrected chi connectivity index (χ3v) is 3.27. The highest BCUT2D eigenvalue weighted by Crippen LogP contribution is 2.26. The van der Waals surface area contributed by atoms with Gasteiger partial charge in [0, 0.05) is 30.4 Å². The average molecular weight is 304 g/mol.